The van der Waals surface area contributed by atoms with Crippen LogP contribution in [0.1, 0.15) is 0 Å². The van der Waals surface area contributed by atoms with Crippen LogP contribution in [0.15, 0.2) is 243 Å². The number of hydrogen-bond acceptors (Lipinski definition) is 2. The van der Waals surface area contributed by atoms with E-state index in [1.807, 2.05) is 11.3 Å². The Kier molecular flexibility index (Phi) is 8.75. The van der Waals surface area contributed by atoms with Crippen molar-refractivity contribution >= 4 is 91.9 Å². The summed E-state index contributed by atoms with van der Waals surface area (Å²) in [7, 11) is 0. The standard InChI is InChI=1S/C62H40N2S/c1-3-19-50-41(13-1)15-10-23-52(50)43-29-33-46(34-30-43)63(47-35-31-44(32-36-47)53-24-11-16-42-14-2-4-20-51(42)53)48-18-9-17-45(39-48)54-25-12-27-59-62(54)56-22-5-7-26-58(56)64(59)49-37-38-61-57(40-49)55-21-6-8-28-60(55)65-61/h1-40H. The minimum absolute atomic E-state index is 1.09. The molecule has 0 saturated heterocycles. The molecule has 0 amide bonds. The number of nitrogens with zero attached hydrogens (tertiary/aromatic N) is 2. The summed E-state index contributed by atoms with van der Waals surface area (Å²) < 4.78 is 5.08. The fraction of sp³-hybridized carbons (Fsp3) is 0. The average Bonchev–Trinajstić information content (AvgIpc) is 3.92. The topological polar surface area (TPSA) is 8.17 Å². The van der Waals surface area contributed by atoms with Crippen LogP contribution in [0.5, 0.6) is 0 Å². The van der Waals surface area contributed by atoms with Crippen molar-refractivity contribution in [3.05, 3.63) is 243 Å². The highest BCUT2D eigenvalue weighted by atomic mass is 32.1. The largest absolute Gasteiger partial charge is 0.310 e. The minimum Gasteiger partial charge on any atom is -0.310 e. The molecule has 13 aromatic rings. The summed E-state index contributed by atoms with van der Waals surface area (Å²) in [5.41, 5.74) is 14.1. The lowest BCUT2D eigenvalue weighted by molar-refractivity contribution is 1.19. The van der Waals surface area contributed by atoms with Crippen LogP contribution in [0.4, 0.5) is 17.1 Å². The number of hydrogen-bond donors (Lipinski definition) is 0. The second-order valence-electron chi connectivity index (χ2n) is 16.9. The molecule has 0 aliphatic rings. The average molecular weight is 845 g/mol. The Morgan fingerprint density at radius 1 is 0.308 bits per heavy atom. The number of para-hydroxylation sites is 1. The molecule has 11 aromatic carbocycles. The van der Waals surface area contributed by atoms with Crippen molar-refractivity contribution in [1.82, 2.24) is 4.57 Å². The van der Waals surface area contributed by atoms with Crippen LogP contribution >= 0.6 is 11.3 Å². The summed E-state index contributed by atoms with van der Waals surface area (Å²) in [6, 6.07) is 89.0. The van der Waals surface area contributed by atoms with Gasteiger partial charge in [-0.25, -0.2) is 0 Å². The molecule has 0 fully saturated rings. The van der Waals surface area contributed by atoms with E-state index in [4.69, 9.17) is 0 Å². The van der Waals surface area contributed by atoms with Gasteiger partial charge in [-0.05, 0) is 128 Å². The molecule has 0 N–H and O–H groups in total. The van der Waals surface area contributed by atoms with Gasteiger partial charge in [0.05, 0.1) is 11.0 Å². The Hall–Kier alpha value is -8.24. The van der Waals surface area contributed by atoms with E-state index in [-0.39, 0.29) is 0 Å². The van der Waals surface area contributed by atoms with Gasteiger partial charge in [-0.3, -0.25) is 0 Å². The summed E-state index contributed by atoms with van der Waals surface area (Å²) in [5, 5.41) is 10.1. The Morgan fingerprint density at radius 2 is 0.831 bits per heavy atom. The quantitative estimate of drug-likeness (QED) is 0.155. The Balaban J connectivity index is 0.957. The molecule has 2 aromatic heterocycles. The molecular weight excluding hydrogens is 805 g/mol. The van der Waals surface area contributed by atoms with Gasteiger partial charge in [0, 0.05) is 53.7 Å². The normalized spacial score (nSPS) is 11.7. The van der Waals surface area contributed by atoms with Crippen LogP contribution in [0.25, 0.3) is 103 Å². The number of benzene rings is 11. The number of thiophene rings is 1. The second kappa shape index (κ2) is 15.2. The molecule has 65 heavy (non-hydrogen) atoms. The van der Waals surface area contributed by atoms with Gasteiger partial charge in [-0.2, -0.15) is 0 Å². The van der Waals surface area contributed by atoms with Gasteiger partial charge < -0.3 is 9.47 Å². The van der Waals surface area contributed by atoms with E-state index in [1.165, 1.54) is 103 Å². The fourth-order valence-electron chi connectivity index (χ4n) is 10.2. The zero-order valence-corrected chi connectivity index (χ0v) is 36.2. The van der Waals surface area contributed by atoms with Gasteiger partial charge in [-0.1, -0.05) is 170 Å². The molecule has 0 aliphatic carbocycles. The Bertz CT molecular complexity index is 3820. The van der Waals surface area contributed by atoms with E-state index < -0.39 is 0 Å². The molecule has 0 saturated carbocycles. The highest BCUT2D eigenvalue weighted by Gasteiger charge is 2.20. The predicted molar refractivity (Wildman–Crippen MR) is 280 cm³/mol. The lowest BCUT2D eigenvalue weighted by Crippen LogP contribution is -2.10. The van der Waals surface area contributed by atoms with Crippen molar-refractivity contribution < 1.29 is 0 Å². The smallest absolute Gasteiger partial charge is 0.0547 e. The van der Waals surface area contributed by atoms with Crippen LogP contribution in [0.2, 0.25) is 0 Å². The van der Waals surface area contributed by atoms with Crippen LogP contribution < -0.4 is 4.90 Å². The minimum atomic E-state index is 1.09. The van der Waals surface area contributed by atoms with Crippen LogP contribution in [0.3, 0.4) is 0 Å². The van der Waals surface area contributed by atoms with Crippen molar-refractivity contribution in [3.63, 3.8) is 0 Å². The number of anilines is 3. The fourth-order valence-corrected chi connectivity index (χ4v) is 11.3. The third kappa shape index (κ3) is 6.24. The van der Waals surface area contributed by atoms with E-state index in [0.29, 0.717) is 0 Å². The van der Waals surface area contributed by atoms with E-state index >= 15 is 0 Å². The Morgan fingerprint density at radius 3 is 1.52 bits per heavy atom. The summed E-state index contributed by atoms with van der Waals surface area (Å²) in [5.74, 6) is 0. The lowest BCUT2D eigenvalue weighted by atomic mass is 9.97. The third-order valence-electron chi connectivity index (χ3n) is 13.2. The molecule has 3 heteroatoms. The molecule has 0 unspecified atom stereocenters. The van der Waals surface area contributed by atoms with Crippen LogP contribution in [0, 0.1) is 0 Å². The van der Waals surface area contributed by atoms with Crippen molar-refractivity contribution in [3.8, 4) is 39.1 Å². The first-order valence-electron chi connectivity index (χ1n) is 22.2. The number of fused-ring (bicyclic) bond motifs is 8. The number of rotatable bonds is 7. The lowest BCUT2D eigenvalue weighted by Gasteiger charge is -2.26. The van der Waals surface area contributed by atoms with E-state index in [1.54, 1.807) is 0 Å². The highest BCUT2D eigenvalue weighted by Crippen LogP contribution is 2.44. The molecule has 0 spiro atoms. The van der Waals surface area contributed by atoms with Gasteiger partial charge in [-0.15, -0.1) is 11.3 Å². The van der Waals surface area contributed by atoms with Crippen molar-refractivity contribution in [1.29, 1.82) is 0 Å². The Labute approximate surface area is 381 Å². The molecule has 0 atom stereocenters. The monoisotopic (exact) mass is 844 g/mol. The molecule has 0 aliphatic heterocycles. The summed E-state index contributed by atoms with van der Waals surface area (Å²) >= 11 is 1.86. The highest BCUT2D eigenvalue weighted by molar-refractivity contribution is 7.25. The van der Waals surface area contributed by atoms with E-state index in [2.05, 4.69) is 252 Å². The first kappa shape index (κ1) is 37.3. The molecule has 2 nitrogen and oxygen atoms in total. The SMILES string of the molecule is c1cc(-c2cccc3c2c2ccccc2n3-c2ccc3sc4ccccc4c3c2)cc(N(c2ccc(-c3cccc4ccccc34)cc2)c2ccc(-c3cccc4ccccc34)cc2)c1. The second-order valence-corrected chi connectivity index (χ2v) is 17.9. The number of aromatic nitrogens is 1. The molecule has 2 heterocycles. The predicted octanol–water partition coefficient (Wildman–Crippen LogP) is 17.9. The third-order valence-corrected chi connectivity index (χ3v) is 14.3. The van der Waals surface area contributed by atoms with Crippen molar-refractivity contribution in [2.24, 2.45) is 0 Å². The van der Waals surface area contributed by atoms with Gasteiger partial charge >= 0.3 is 0 Å². The van der Waals surface area contributed by atoms with E-state index in [9.17, 15) is 0 Å². The zero-order valence-electron chi connectivity index (χ0n) is 35.4. The summed E-state index contributed by atoms with van der Waals surface area (Å²) in [6.45, 7) is 0. The maximum atomic E-state index is 2.45. The van der Waals surface area contributed by atoms with Crippen LogP contribution in [-0.4, -0.2) is 4.57 Å². The van der Waals surface area contributed by atoms with Crippen molar-refractivity contribution in [2.75, 3.05) is 4.90 Å². The van der Waals surface area contributed by atoms with Gasteiger partial charge in [0.1, 0.15) is 0 Å². The van der Waals surface area contributed by atoms with Crippen molar-refractivity contribution in [2.45, 2.75) is 0 Å². The van der Waals surface area contributed by atoms with Crippen LogP contribution in [-0.2, 0) is 0 Å². The summed E-state index contributed by atoms with van der Waals surface area (Å²) in [4.78, 5) is 2.40. The molecule has 304 valence electrons. The zero-order chi connectivity index (χ0) is 42.8. The molecular formula is C62H40N2S. The van der Waals surface area contributed by atoms with Gasteiger partial charge in [0.25, 0.3) is 0 Å². The maximum absolute atomic E-state index is 2.45. The summed E-state index contributed by atoms with van der Waals surface area (Å²) in [6.07, 6.45) is 0. The maximum Gasteiger partial charge on any atom is 0.0547 e. The van der Waals surface area contributed by atoms with Gasteiger partial charge in [0.15, 0.2) is 0 Å². The first-order chi connectivity index (χ1) is 32.2. The first-order valence-corrected chi connectivity index (χ1v) is 23.1. The molecule has 0 radical (unpaired) electrons. The molecule has 13 rings (SSSR count). The molecule has 0 bridgehead atoms. The van der Waals surface area contributed by atoms with Gasteiger partial charge in [0.2, 0.25) is 0 Å². The van der Waals surface area contributed by atoms with E-state index in [0.717, 1.165) is 17.1 Å².